The standard InChI is InChI=1S/C10H19N2O.H2O4S/c1-3-4-5-11-6-7-12(9-11)8-10(2)13;1-5(2,3)4/h6-7,9-10,13H,3-5,8H2,1-2H3;(H2,1,2,3,4)/q+1;/p-1/t10-;/m0./s1. The molecular weight excluding hydrogens is 260 g/mol. The van der Waals surface area contributed by atoms with Crippen molar-refractivity contribution in [2.75, 3.05) is 0 Å². The van der Waals surface area contributed by atoms with E-state index in [1.54, 1.807) is 6.92 Å². The maximum absolute atomic E-state index is 9.16. The van der Waals surface area contributed by atoms with Crippen molar-refractivity contribution in [3.63, 3.8) is 0 Å². The number of rotatable bonds is 5. The minimum atomic E-state index is -4.92. The van der Waals surface area contributed by atoms with E-state index in [2.05, 4.69) is 17.7 Å². The number of imidazole rings is 1. The van der Waals surface area contributed by atoms with Crippen LogP contribution in [-0.4, -0.2) is 33.3 Å². The van der Waals surface area contributed by atoms with E-state index in [0.717, 1.165) is 6.54 Å². The summed E-state index contributed by atoms with van der Waals surface area (Å²) in [5, 5.41) is 9.16. The highest BCUT2D eigenvalue weighted by Gasteiger charge is 2.05. The summed E-state index contributed by atoms with van der Waals surface area (Å²) >= 11 is 0. The first-order valence-corrected chi connectivity index (χ1v) is 7.00. The van der Waals surface area contributed by atoms with Gasteiger partial charge in [0.25, 0.3) is 0 Å². The Hall–Kier alpha value is -0.960. The van der Waals surface area contributed by atoms with Gasteiger partial charge in [-0.1, -0.05) is 13.3 Å². The van der Waals surface area contributed by atoms with Gasteiger partial charge in [-0.15, -0.1) is 0 Å². The molecule has 0 bridgehead atoms. The molecule has 0 aliphatic carbocycles. The fourth-order valence-corrected chi connectivity index (χ4v) is 1.32. The Balaban J connectivity index is 0.000000494. The number of hydrogen-bond acceptors (Lipinski definition) is 4. The van der Waals surface area contributed by atoms with Gasteiger partial charge in [-0.25, -0.2) is 17.6 Å². The van der Waals surface area contributed by atoms with E-state index in [-0.39, 0.29) is 6.10 Å². The van der Waals surface area contributed by atoms with Gasteiger partial charge in [0.05, 0.1) is 12.6 Å². The molecule has 0 saturated carbocycles. The Morgan fingerprint density at radius 3 is 2.50 bits per heavy atom. The minimum absolute atomic E-state index is 0.271. The lowest BCUT2D eigenvalue weighted by Crippen LogP contribution is -2.36. The lowest BCUT2D eigenvalue weighted by molar-refractivity contribution is -0.702. The summed E-state index contributed by atoms with van der Waals surface area (Å²) in [6, 6.07) is 0. The zero-order valence-corrected chi connectivity index (χ0v) is 11.4. The molecule has 0 radical (unpaired) electrons. The largest absolute Gasteiger partial charge is 0.726 e. The van der Waals surface area contributed by atoms with E-state index in [0.29, 0.717) is 6.54 Å². The number of aromatic nitrogens is 2. The SMILES string of the molecule is CCCCn1cc[n+](C[C@H](C)O)c1.O=S(=O)([O-])O. The predicted octanol–water partition coefficient (Wildman–Crippen LogP) is -0.0389. The zero-order valence-electron chi connectivity index (χ0n) is 10.6. The van der Waals surface area contributed by atoms with Crippen LogP contribution in [0.3, 0.4) is 0 Å². The van der Waals surface area contributed by atoms with E-state index >= 15 is 0 Å². The molecule has 0 aliphatic rings. The molecule has 106 valence electrons. The topological polar surface area (TPSA) is 106 Å². The molecule has 0 aliphatic heterocycles. The van der Waals surface area contributed by atoms with Gasteiger partial charge < -0.3 is 9.66 Å². The van der Waals surface area contributed by atoms with Crippen molar-refractivity contribution in [1.29, 1.82) is 0 Å². The van der Waals surface area contributed by atoms with Crippen molar-refractivity contribution in [3.05, 3.63) is 18.7 Å². The normalized spacial score (nSPS) is 12.7. The fraction of sp³-hybridized carbons (Fsp3) is 0.700. The number of hydrogen-bond donors (Lipinski definition) is 2. The van der Waals surface area contributed by atoms with Crippen LogP contribution < -0.4 is 4.57 Å². The van der Waals surface area contributed by atoms with Gasteiger partial charge in [0, 0.05) is 0 Å². The average Bonchev–Trinajstić information content (AvgIpc) is 2.59. The molecule has 1 rings (SSSR count). The zero-order chi connectivity index (χ0) is 14.2. The molecule has 1 atom stereocenters. The van der Waals surface area contributed by atoms with Crippen LogP contribution in [0.25, 0.3) is 0 Å². The second-order valence-electron chi connectivity index (χ2n) is 3.98. The van der Waals surface area contributed by atoms with Crippen molar-refractivity contribution < 1.29 is 27.2 Å². The Morgan fingerprint density at radius 2 is 2.06 bits per heavy atom. The van der Waals surface area contributed by atoms with Crippen LogP contribution in [0.4, 0.5) is 0 Å². The molecule has 8 heteroatoms. The summed E-state index contributed by atoms with van der Waals surface area (Å²) in [4.78, 5) is 0. The van der Waals surface area contributed by atoms with Crippen molar-refractivity contribution in [2.45, 2.75) is 45.9 Å². The molecule has 1 aromatic rings. The Morgan fingerprint density at radius 1 is 1.50 bits per heavy atom. The lowest BCUT2D eigenvalue weighted by atomic mass is 10.3. The fourth-order valence-electron chi connectivity index (χ4n) is 1.32. The molecule has 0 fully saturated rings. The molecular formula is C10H20N2O5S. The van der Waals surface area contributed by atoms with E-state index in [9.17, 15) is 0 Å². The predicted molar refractivity (Wildman–Crippen MR) is 63.5 cm³/mol. The van der Waals surface area contributed by atoms with Crippen LogP contribution in [0.1, 0.15) is 26.7 Å². The first-order chi connectivity index (χ1) is 8.22. The quantitative estimate of drug-likeness (QED) is 0.447. The van der Waals surface area contributed by atoms with Crippen molar-refractivity contribution >= 4 is 10.4 Å². The molecule has 18 heavy (non-hydrogen) atoms. The molecule has 0 spiro atoms. The Kier molecular flexibility index (Phi) is 7.76. The van der Waals surface area contributed by atoms with Crippen molar-refractivity contribution in [1.82, 2.24) is 4.57 Å². The van der Waals surface area contributed by atoms with E-state index in [1.165, 1.54) is 12.8 Å². The summed E-state index contributed by atoms with van der Waals surface area (Å²) in [6.07, 6.45) is 8.26. The first kappa shape index (κ1) is 17.0. The van der Waals surface area contributed by atoms with Gasteiger partial charge in [0.1, 0.15) is 18.9 Å². The van der Waals surface area contributed by atoms with Gasteiger partial charge in [-0.05, 0) is 13.3 Å². The number of aryl methyl sites for hydroxylation is 1. The van der Waals surface area contributed by atoms with E-state index in [1.807, 2.05) is 17.1 Å². The second-order valence-corrected chi connectivity index (χ2v) is 4.83. The Labute approximate surface area is 107 Å². The van der Waals surface area contributed by atoms with Gasteiger partial charge in [-0.3, -0.25) is 4.55 Å². The van der Waals surface area contributed by atoms with Crippen LogP contribution in [-0.2, 0) is 23.5 Å². The molecule has 0 aromatic carbocycles. The third-order valence-electron chi connectivity index (χ3n) is 1.99. The van der Waals surface area contributed by atoms with E-state index < -0.39 is 10.4 Å². The van der Waals surface area contributed by atoms with Crippen molar-refractivity contribution in [2.24, 2.45) is 0 Å². The van der Waals surface area contributed by atoms with Crippen LogP contribution >= 0.6 is 0 Å². The van der Waals surface area contributed by atoms with Gasteiger partial charge in [0.2, 0.25) is 16.7 Å². The maximum Gasteiger partial charge on any atom is 0.243 e. The third kappa shape index (κ3) is 11.5. The smallest absolute Gasteiger partial charge is 0.243 e. The summed E-state index contributed by atoms with van der Waals surface area (Å²) < 4.78 is 37.0. The van der Waals surface area contributed by atoms with Crippen LogP contribution in [0.5, 0.6) is 0 Å². The summed E-state index contributed by atoms with van der Waals surface area (Å²) in [6.45, 7) is 5.74. The summed E-state index contributed by atoms with van der Waals surface area (Å²) in [7, 11) is -4.92. The number of unbranched alkanes of at least 4 members (excludes halogenated alkanes) is 1. The van der Waals surface area contributed by atoms with Crippen LogP contribution in [0, 0.1) is 0 Å². The first-order valence-electron chi connectivity index (χ1n) is 5.63. The highest BCUT2D eigenvalue weighted by Crippen LogP contribution is 1.93. The number of aliphatic hydroxyl groups excluding tert-OH is 1. The van der Waals surface area contributed by atoms with Crippen LogP contribution in [0.15, 0.2) is 18.7 Å². The number of nitrogens with zero attached hydrogens (tertiary/aromatic N) is 2. The third-order valence-corrected chi connectivity index (χ3v) is 1.99. The lowest BCUT2D eigenvalue weighted by Gasteiger charge is -1.98. The highest BCUT2D eigenvalue weighted by atomic mass is 32.3. The van der Waals surface area contributed by atoms with Crippen molar-refractivity contribution in [3.8, 4) is 0 Å². The molecule has 0 amide bonds. The second kappa shape index (κ2) is 8.20. The summed E-state index contributed by atoms with van der Waals surface area (Å²) in [5.41, 5.74) is 0. The highest BCUT2D eigenvalue weighted by molar-refractivity contribution is 7.79. The molecule has 0 unspecified atom stereocenters. The Bertz CT molecular complexity index is 419. The maximum atomic E-state index is 9.16. The monoisotopic (exact) mass is 280 g/mol. The molecule has 2 N–H and O–H groups in total. The molecule has 0 saturated heterocycles. The van der Waals surface area contributed by atoms with Gasteiger partial charge >= 0.3 is 0 Å². The van der Waals surface area contributed by atoms with E-state index in [4.69, 9.17) is 22.6 Å². The minimum Gasteiger partial charge on any atom is -0.726 e. The van der Waals surface area contributed by atoms with Crippen LogP contribution in [0.2, 0.25) is 0 Å². The molecule has 1 aromatic heterocycles. The summed E-state index contributed by atoms with van der Waals surface area (Å²) in [5.74, 6) is 0. The van der Waals surface area contributed by atoms with Gasteiger partial charge in [0.15, 0.2) is 0 Å². The molecule has 1 heterocycles. The van der Waals surface area contributed by atoms with Gasteiger partial charge in [-0.2, -0.15) is 0 Å². The number of aliphatic hydroxyl groups is 1. The average molecular weight is 280 g/mol. The molecule has 7 nitrogen and oxygen atoms in total.